The second-order valence-electron chi connectivity index (χ2n) is 3.99. The van der Waals surface area contributed by atoms with Crippen LogP contribution in [-0.4, -0.2) is 48.2 Å². The zero-order valence-electron chi connectivity index (χ0n) is 9.16. The highest BCUT2D eigenvalue weighted by atomic mass is 19.3. The van der Waals surface area contributed by atoms with Gasteiger partial charge in [0.15, 0.2) is 0 Å². The van der Waals surface area contributed by atoms with Crippen LogP contribution in [0, 0.1) is 0 Å². The third kappa shape index (κ3) is 4.30. The van der Waals surface area contributed by atoms with Gasteiger partial charge in [0.1, 0.15) is 0 Å². The number of rotatable bonds is 5. The molecule has 0 radical (unpaired) electrons. The minimum Gasteiger partial charge on any atom is -0.395 e. The predicted molar refractivity (Wildman–Crippen MR) is 55.5 cm³/mol. The topological polar surface area (TPSA) is 52.6 Å². The summed E-state index contributed by atoms with van der Waals surface area (Å²) in [6.07, 6.45) is 1.39. The van der Waals surface area contributed by atoms with Crippen LogP contribution in [0.1, 0.15) is 25.7 Å². The quantitative estimate of drug-likeness (QED) is 0.753. The molecule has 0 saturated heterocycles. The summed E-state index contributed by atoms with van der Waals surface area (Å²) in [5.41, 5.74) is 0. The van der Waals surface area contributed by atoms with E-state index in [1.54, 1.807) is 0 Å². The van der Waals surface area contributed by atoms with Gasteiger partial charge in [-0.25, -0.2) is 13.6 Å². The van der Waals surface area contributed by atoms with Gasteiger partial charge in [-0.2, -0.15) is 0 Å². The number of aliphatic hydroxyl groups is 1. The predicted octanol–water partition coefficient (Wildman–Crippen LogP) is 1.20. The molecule has 0 aromatic rings. The lowest BCUT2D eigenvalue weighted by Crippen LogP contribution is -2.46. The van der Waals surface area contributed by atoms with E-state index in [0.29, 0.717) is 0 Å². The van der Waals surface area contributed by atoms with Crippen LogP contribution in [0.3, 0.4) is 0 Å². The SMILES string of the molecule is O=C(NC1CCCC1)N(CCO)CC(F)F. The molecule has 4 nitrogen and oxygen atoms in total. The summed E-state index contributed by atoms with van der Waals surface area (Å²) in [5.74, 6) is 0. The van der Waals surface area contributed by atoms with E-state index in [1.165, 1.54) is 0 Å². The van der Waals surface area contributed by atoms with Crippen molar-refractivity contribution in [1.82, 2.24) is 10.2 Å². The first-order valence-corrected chi connectivity index (χ1v) is 5.58. The summed E-state index contributed by atoms with van der Waals surface area (Å²) < 4.78 is 24.4. The van der Waals surface area contributed by atoms with Gasteiger partial charge in [-0.05, 0) is 12.8 Å². The Morgan fingerprint density at radius 2 is 2.06 bits per heavy atom. The standard InChI is InChI=1S/C10H18F2N2O2/c11-9(12)7-14(5-6-15)10(16)13-8-3-1-2-4-8/h8-9,15H,1-7H2,(H,13,16). The largest absolute Gasteiger partial charge is 0.395 e. The molecule has 1 fully saturated rings. The van der Waals surface area contributed by atoms with Crippen molar-refractivity contribution in [2.75, 3.05) is 19.7 Å². The number of nitrogens with zero attached hydrogens (tertiary/aromatic N) is 1. The second-order valence-corrected chi connectivity index (χ2v) is 3.99. The number of halogens is 2. The molecule has 1 aliphatic rings. The molecule has 1 aliphatic carbocycles. The van der Waals surface area contributed by atoms with E-state index in [0.717, 1.165) is 30.6 Å². The first-order valence-electron chi connectivity index (χ1n) is 5.58. The van der Waals surface area contributed by atoms with Crippen molar-refractivity contribution in [1.29, 1.82) is 0 Å². The Balaban J connectivity index is 2.39. The van der Waals surface area contributed by atoms with E-state index in [4.69, 9.17) is 5.11 Å². The number of carbonyl (C=O) groups excluding carboxylic acids is 1. The summed E-state index contributed by atoms with van der Waals surface area (Å²) >= 11 is 0. The van der Waals surface area contributed by atoms with Crippen molar-refractivity contribution in [3.8, 4) is 0 Å². The number of aliphatic hydroxyl groups excluding tert-OH is 1. The van der Waals surface area contributed by atoms with Gasteiger partial charge in [0.05, 0.1) is 13.2 Å². The number of amides is 2. The summed E-state index contributed by atoms with van der Waals surface area (Å²) in [6.45, 7) is -0.979. The molecule has 0 atom stereocenters. The molecule has 1 saturated carbocycles. The monoisotopic (exact) mass is 236 g/mol. The van der Waals surface area contributed by atoms with Gasteiger partial charge in [0.25, 0.3) is 6.43 Å². The van der Waals surface area contributed by atoms with Crippen LogP contribution < -0.4 is 5.32 Å². The molecule has 0 heterocycles. The lowest BCUT2D eigenvalue weighted by molar-refractivity contribution is 0.0894. The van der Waals surface area contributed by atoms with Crippen LogP contribution in [0.15, 0.2) is 0 Å². The number of alkyl halides is 2. The summed E-state index contributed by atoms with van der Waals surface area (Å²) in [6, 6.07) is -0.396. The Bertz CT molecular complexity index is 221. The molecular formula is C10H18F2N2O2. The lowest BCUT2D eigenvalue weighted by Gasteiger charge is -2.23. The van der Waals surface area contributed by atoms with E-state index < -0.39 is 19.0 Å². The van der Waals surface area contributed by atoms with Crippen molar-refractivity contribution in [3.63, 3.8) is 0 Å². The van der Waals surface area contributed by atoms with Crippen LogP contribution in [0.5, 0.6) is 0 Å². The normalized spacial score (nSPS) is 16.8. The van der Waals surface area contributed by atoms with Crippen molar-refractivity contribution in [3.05, 3.63) is 0 Å². The Labute approximate surface area is 93.6 Å². The smallest absolute Gasteiger partial charge is 0.317 e. The van der Waals surface area contributed by atoms with E-state index >= 15 is 0 Å². The maximum Gasteiger partial charge on any atom is 0.317 e. The van der Waals surface area contributed by atoms with Crippen molar-refractivity contribution >= 4 is 6.03 Å². The van der Waals surface area contributed by atoms with Gasteiger partial charge in [-0.3, -0.25) is 0 Å². The fourth-order valence-electron chi connectivity index (χ4n) is 1.90. The highest BCUT2D eigenvalue weighted by Crippen LogP contribution is 2.17. The molecule has 0 aromatic heterocycles. The summed E-state index contributed by atoms with van der Waals surface area (Å²) in [5, 5.41) is 11.4. The van der Waals surface area contributed by atoms with Crippen molar-refractivity contribution in [2.45, 2.75) is 38.2 Å². The molecule has 0 bridgehead atoms. The lowest BCUT2D eigenvalue weighted by atomic mass is 10.2. The minimum absolute atomic E-state index is 0.0527. The van der Waals surface area contributed by atoms with E-state index in [-0.39, 0.29) is 19.2 Å². The van der Waals surface area contributed by atoms with Gasteiger partial charge in [-0.15, -0.1) is 0 Å². The number of carbonyl (C=O) groups is 1. The Hall–Kier alpha value is -0.910. The molecule has 0 unspecified atom stereocenters. The van der Waals surface area contributed by atoms with Gasteiger partial charge in [-0.1, -0.05) is 12.8 Å². The van der Waals surface area contributed by atoms with Crippen LogP contribution in [0.2, 0.25) is 0 Å². The first kappa shape index (κ1) is 13.2. The Kier molecular flexibility index (Phi) is 5.45. The fraction of sp³-hybridized carbons (Fsp3) is 0.900. The molecule has 0 spiro atoms. The van der Waals surface area contributed by atoms with Crippen molar-refractivity contribution < 1.29 is 18.7 Å². The molecule has 0 aliphatic heterocycles. The molecular weight excluding hydrogens is 218 g/mol. The van der Waals surface area contributed by atoms with Crippen LogP contribution in [0.25, 0.3) is 0 Å². The Morgan fingerprint density at radius 3 is 2.56 bits per heavy atom. The van der Waals surface area contributed by atoms with Gasteiger partial charge < -0.3 is 15.3 Å². The molecule has 1 rings (SSSR count). The van der Waals surface area contributed by atoms with Gasteiger partial charge in [0, 0.05) is 12.6 Å². The van der Waals surface area contributed by atoms with Crippen LogP contribution in [-0.2, 0) is 0 Å². The summed E-state index contributed by atoms with van der Waals surface area (Å²) in [7, 11) is 0. The van der Waals surface area contributed by atoms with E-state index in [1.807, 2.05) is 0 Å². The highest BCUT2D eigenvalue weighted by molar-refractivity contribution is 5.74. The number of urea groups is 1. The zero-order chi connectivity index (χ0) is 12.0. The Morgan fingerprint density at radius 1 is 1.44 bits per heavy atom. The van der Waals surface area contributed by atoms with Gasteiger partial charge >= 0.3 is 6.03 Å². The molecule has 2 N–H and O–H groups in total. The van der Waals surface area contributed by atoms with Gasteiger partial charge in [0.2, 0.25) is 0 Å². The van der Waals surface area contributed by atoms with Crippen molar-refractivity contribution in [2.24, 2.45) is 0 Å². The first-order chi connectivity index (χ1) is 7.63. The van der Waals surface area contributed by atoms with Crippen LogP contribution >= 0.6 is 0 Å². The van der Waals surface area contributed by atoms with E-state index in [9.17, 15) is 13.6 Å². The third-order valence-corrected chi connectivity index (χ3v) is 2.70. The highest BCUT2D eigenvalue weighted by Gasteiger charge is 2.22. The molecule has 16 heavy (non-hydrogen) atoms. The zero-order valence-corrected chi connectivity index (χ0v) is 9.16. The fourth-order valence-corrected chi connectivity index (χ4v) is 1.90. The summed E-state index contributed by atoms with van der Waals surface area (Å²) in [4.78, 5) is 12.6. The second kappa shape index (κ2) is 6.62. The third-order valence-electron chi connectivity index (χ3n) is 2.70. The average molecular weight is 236 g/mol. The molecule has 0 aromatic carbocycles. The number of hydrogen-bond donors (Lipinski definition) is 2. The number of hydrogen-bond acceptors (Lipinski definition) is 2. The molecule has 6 heteroatoms. The average Bonchev–Trinajstić information content (AvgIpc) is 2.69. The number of nitrogens with one attached hydrogen (secondary N) is 1. The molecule has 94 valence electrons. The van der Waals surface area contributed by atoms with E-state index in [2.05, 4.69) is 5.32 Å². The maximum absolute atomic E-state index is 12.2. The maximum atomic E-state index is 12.2. The van der Waals surface area contributed by atoms with Crippen LogP contribution in [0.4, 0.5) is 13.6 Å². The minimum atomic E-state index is -2.57. The molecule has 2 amide bonds.